The minimum absolute atomic E-state index is 0.272. The normalized spacial score (nSPS) is 9.76. The summed E-state index contributed by atoms with van der Waals surface area (Å²) in [6, 6.07) is 7.46. The summed E-state index contributed by atoms with van der Waals surface area (Å²) < 4.78 is 11.0. The average molecular weight is 284 g/mol. The molecule has 2 rings (SSSR count). The molecule has 108 valence electrons. The predicted octanol–water partition coefficient (Wildman–Crippen LogP) is 2.89. The van der Waals surface area contributed by atoms with Crippen LogP contribution in [-0.4, -0.2) is 23.2 Å². The summed E-state index contributed by atoms with van der Waals surface area (Å²) in [6.45, 7) is 4.99. The van der Waals surface area contributed by atoms with Crippen molar-refractivity contribution in [1.29, 1.82) is 5.26 Å². The van der Waals surface area contributed by atoms with Gasteiger partial charge < -0.3 is 14.8 Å². The van der Waals surface area contributed by atoms with Crippen molar-refractivity contribution < 1.29 is 9.47 Å². The molecule has 0 aliphatic heterocycles. The van der Waals surface area contributed by atoms with Crippen LogP contribution in [0.25, 0.3) is 0 Å². The largest absolute Gasteiger partial charge is 0.494 e. The van der Waals surface area contributed by atoms with Crippen LogP contribution in [0.5, 0.6) is 11.5 Å². The fourth-order valence-electron chi connectivity index (χ4n) is 1.73. The Balaban J connectivity index is 2.26. The first-order valence-corrected chi connectivity index (χ1v) is 6.65. The molecule has 0 saturated heterocycles. The van der Waals surface area contributed by atoms with Crippen molar-refractivity contribution in [3.63, 3.8) is 0 Å². The van der Waals surface area contributed by atoms with Crippen molar-refractivity contribution in [2.45, 2.75) is 13.8 Å². The highest BCUT2D eigenvalue weighted by Crippen LogP contribution is 2.31. The second kappa shape index (κ2) is 7.10. The van der Waals surface area contributed by atoms with Crippen molar-refractivity contribution >= 4 is 11.5 Å². The number of hydrogen-bond donors (Lipinski definition) is 1. The quantitative estimate of drug-likeness (QED) is 0.878. The number of nitriles is 1. The lowest BCUT2D eigenvalue weighted by atomic mass is 10.2. The van der Waals surface area contributed by atoms with Crippen molar-refractivity contribution in [2.24, 2.45) is 0 Å². The fourth-order valence-corrected chi connectivity index (χ4v) is 1.73. The van der Waals surface area contributed by atoms with Gasteiger partial charge in [0.05, 0.1) is 31.3 Å². The molecule has 0 saturated carbocycles. The van der Waals surface area contributed by atoms with Crippen LogP contribution in [0.3, 0.4) is 0 Å². The number of hydrogen-bond acceptors (Lipinski definition) is 6. The molecule has 21 heavy (non-hydrogen) atoms. The van der Waals surface area contributed by atoms with Gasteiger partial charge in [-0.15, -0.1) is 0 Å². The summed E-state index contributed by atoms with van der Waals surface area (Å²) in [5.41, 5.74) is 1.01. The predicted molar refractivity (Wildman–Crippen MR) is 78.8 cm³/mol. The van der Waals surface area contributed by atoms with Gasteiger partial charge in [0.2, 0.25) is 0 Å². The third-order valence-corrected chi connectivity index (χ3v) is 2.59. The molecule has 0 aliphatic carbocycles. The average Bonchev–Trinajstić information content (AvgIpc) is 2.51. The lowest BCUT2D eigenvalue weighted by molar-refractivity contribution is 0.332. The molecule has 1 N–H and O–H groups in total. The van der Waals surface area contributed by atoms with E-state index < -0.39 is 0 Å². The summed E-state index contributed by atoms with van der Waals surface area (Å²) in [5, 5.41) is 11.8. The van der Waals surface area contributed by atoms with Crippen LogP contribution < -0.4 is 14.8 Å². The first-order chi connectivity index (χ1) is 10.3. The monoisotopic (exact) mass is 284 g/mol. The second-order valence-corrected chi connectivity index (χ2v) is 4.05. The molecule has 6 nitrogen and oxygen atoms in total. The number of ether oxygens (including phenoxy) is 2. The Bertz CT molecular complexity index is 635. The van der Waals surface area contributed by atoms with Gasteiger partial charge in [0, 0.05) is 6.07 Å². The second-order valence-electron chi connectivity index (χ2n) is 4.05. The van der Waals surface area contributed by atoms with Crippen LogP contribution >= 0.6 is 0 Å². The molecule has 0 atom stereocenters. The topological polar surface area (TPSA) is 80.1 Å². The van der Waals surface area contributed by atoms with Crippen LogP contribution in [-0.2, 0) is 0 Å². The summed E-state index contributed by atoms with van der Waals surface area (Å²) in [4.78, 5) is 8.10. The molecule has 0 amide bonds. The van der Waals surface area contributed by atoms with E-state index in [0.717, 1.165) is 11.4 Å². The number of aromatic nitrogens is 2. The molecule has 0 fully saturated rings. The van der Waals surface area contributed by atoms with Crippen LogP contribution in [0, 0.1) is 11.3 Å². The highest BCUT2D eigenvalue weighted by Gasteiger charge is 2.07. The number of anilines is 2. The summed E-state index contributed by atoms with van der Waals surface area (Å²) in [7, 11) is 0. The number of nitrogens with zero attached hydrogens (tertiary/aromatic N) is 3. The Morgan fingerprint density at radius 3 is 2.57 bits per heavy atom. The smallest absolute Gasteiger partial charge is 0.158 e. The van der Waals surface area contributed by atoms with Gasteiger partial charge >= 0.3 is 0 Å². The van der Waals surface area contributed by atoms with Crippen molar-refractivity contribution in [3.8, 4) is 17.6 Å². The maximum Gasteiger partial charge on any atom is 0.158 e. The third kappa shape index (κ3) is 3.83. The van der Waals surface area contributed by atoms with Gasteiger partial charge in [-0.1, -0.05) is 0 Å². The highest BCUT2D eigenvalue weighted by atomic mass is 16.5. The minimum atomic E-state index is 0.272. The molecule has 1 aromatic heterocycles. The molecular weight excluding hydrogens is 268 g/mol. The lowest BCUT2D eigenvalue weighted by Gasteiger charge is -2.13. The molecule has 1 heterocycles. The molecule has 0 unspecified atom stereocenters. The van der Waals surface area contributed by atoms with Gasteiger partial charge in [0.15, 0.2) is 5.69 Å². The highest BCUT2D eigenvalue weighted by molar-refractivity contribution is 5.66. The van der Waals surface area contributed by atoms with Crippen LogP contribution in [0.4, 0.5) is 11.5 Å². The van der Waals surface area contributed by atoms with Gasteiger partial charge in [-0.05, 0) is 26.0 Å². The van der Waals surface area contributed by atoms with E-state index in [1.807, 2.05) is 38.1 Å². The zero-order valence-corrected chi connectivity index (χ0v) is 12.0. The van der Waals surface area contributed by atoms with E-state index in [4.69, 9.17) is 14.7 Å². The Morgan fingerprint density at radius 2 is 1.95 bits per heavy atom. The number of nitrogens with one attached hydrogen (secondary N) is 1. The molecule has 0 bridgehead atoms. The van der Waals surface area contributed by atoms with E-state index in [1.54, 1.807) is 0 Å². The van der Waals surface area contributed by atoms with Crippen LogP contribution in [0.2, 0.25) is 0 Å². The Hall–Kier alpha value is -2.81. The SMILES string of the molecule is CCOc1ccc(OCC)c(Nc2cnc(C#N)cn2)c1. The molecule has 2 aromatic rings. The molecule has 0 spiro atoms. The van der Waals surface area contributed by atoms with E-state index in [1.165, 1.54) is 12.4 Å². The molecule has 6 heteroatoms. The number of benzene rings is 1. The van der Waals surface area contributed by atoms with Gasteiger partial charge in [0.25, 0.3) is 0 Å². The first kappa shape index (κ1) is 14.6. The minimum Gasteiger partial charge on any atom is -0.494 e. The Kier molecular flexibility index (Phi) is 4.94. The van der Waals surface area contributed by atoms with E-state index in [0.29, 0.717) is 24.8 Å². The lowest BCUT2D eigenvalue weighted by Crippen LogP contribution is -2.01. The Labute approximate surface area is 123 Å². The maximum atomic E-state index is 8.72. The van der Waals surface area contributed by atoms with Gasteiger partial charge in [-0.25, -0.2) is 9.97 Å². The van der Waals surface area contributed by atoms with Crippen molar-refractivity contribution in [1.82, 2.24) is 9.97 Å². The van der Waals surface area contributed by atoms with Gasteiger partial charge in [-0.3, -0.25) is 0 Å². The summed E-state index contributed by atoms with van der Waals surface area (Å²) >= 11 is 0. The standard InChI is InChI=1S/C15H16N4O2/c1-3-20-12-5-6-14(21-4-2)13(7-12)19-15-10-17-11(8-16)9-18-15/h5-7,9-10H,3-4H2,1-2H3,(H,18,19). The van der Waals surface area contributed by atoms with Crippen molar-refractivity contribution in [3.05, 3.63) is 36.3 Å². The summed E-state index contributed by atoms with van der Waals surface area (Å²) in [6.07, 6.45) is 2.91. The molecule has 1 aromatic carbocycles. The van der Waals surface area contributed by atoms with E-state index >= 15 is 0 Å². The zero-order chi connectivity index (χ0) is 15.1. The van der Waals surface area contributed by atoms with E-state index in [-0.39, 0.29) is 5.69 Å². The molecule has 0 aliphatic rings. The maximum absolute atomic E-state index is 8.72. The van der Waals surface area contributed by atoms with Gasteiger partial charge in [0.1, 0.15) is 23.4 Å². The summed E-state index contributed by atoms with van der Waals surface area (Å²) in [5.74, 6) is 1.97. The van der Waals surface area contributed by atoms with Crippen LogP contribution in [0.15, 0.2) is 30.6 Å². The van der Waals surface area contributed by atoms with E-state index in [9.17, 15) is 0 Å². The third-order valence-electron chi connectivity index (χ3n) is 2.59. The molecule has 0 radical (unpaired) electrons. The van der Waals surface area contributed by atoms with Crippen LogP contribution in [0.1, 0.15) is 19.5 Å². The number of rotatable bonds is 6. The fraction of sp³-hybridized carbons (Fsp3) is 0.267. The van der Waals surface area contributed by atoms with E-state index in [2.05, 4.69) is 15.3 Å². The first-order valence-electron chi connectivity index (χ1n) is 6.65. The van der Waals surface area contributed by atoms with Gasteiger partial charge in [-0.2, -0.15) is 5.26 Å². The van der Waals surface area contributed by atoms with Crippen molar-refractivity contribution in [2.75, 3.05) is 18.5 Å². The Morgan fingerprint density at radius 1 is 1.14 bits per heavy atom. The molecular formula is C15H16N4O2. The zero-order valence-electron chi connectivity index (χ0n) is 12.0.